The van der Waals surface area contributed by atoms with Gasteiger partial charge in [0.2, 0.25) is 0 Å². The van der Waals surface area contributed by atoms with E-state index in [2.05, 4.69) is 172 Å². The molecule has 11 aromatic rings. The van der Waals surface area contributed by atoms with Gasteiger partial charge in [-0.3, -0.25) is 0 Å². The number of nitrogens with zero attached hydrogens (tertiary/aromatic N) is 3. The third kappa shape index (κ3) is 5.57. The normalized spacial score (nSPS) is 13.1. The summed E-state index contributed by atoms with van der Waals surface area (Å²) < 4.78 is 5.18. The van der Waals surface area contributed by atoms with Gasteiger partial charge in [0.15, 0.2) is 17.5 Å². The van der Waals surface area contributed by atoms with Crippen LogP contribution in [0, 0.1) is 0 Å². The molecule has 8 aromatic carbocycles. The van der Waals surface area contributed by atoms with Crippen molar-refractivity contribution < 1.29 is 0 Å². The maximum absolute atomic E-state index is 5.34. The van der Waals surface area contributed by atoms with Gasteiger partial charge in [0.25, 0.3) is 0 Å². The Balaban J connectivity index is 1.08. The lowest BCUT2D eigenvalue weighted by molar-refractivity contribution is 0.660. The predicted molar refractivity (Wildman–Crippen MR) is 250 cm³/mol. The minimum atomic E-state index is -0.146. The first-order valence-electron chi connectivity index (χ1n) is 20.0. The highest BCUT2D eigenvalue weighted by Crippen LogP contribution is 2.49. The summed E-state index contributed by atoms with van der Waals surface area (Å²) in [5.41, 5.74) is 12.5. The van der Waals surface area contributed by atoms with E-state index in [1.54, 1.807) is 0 Å². The second-order valence-electron chi connectivity index (χ2n) is 16.0. The number of hydrogen-bond donors (Lipinski definition) is 0. The van der Waals surface area contributed by atoms with Gasteiger partial charge in [0, 0.05) is 62.4 Å². The van der Waals surface area contributed by atoms with Crippen molar-refractivity contribution in [2.24, 2.45) is 0 Å². The smallest absolute Gasteiger partial charge is 0.164 e. The van der Waals surface area contributed by atoms with Gasteiger partial charge >= 0.3 is 0 Å². The van der Waals surface area contributed by atoms with E-state index < -0.39 is 0 Å². The number of rotatable bonds is 5. The molecule has 0 spiro atoms. The first-order chi connectivity index (χ1) is 28.9. The van der Waals surface area contributed by atoms with E-state index in [0.29, 0.717) is 17.5 Å². The van der Waals surface area contributed by atoms with Gasteiger partial charge < -0.3 is 0 Å². The maximum Gasteiger partial charge on any atom is 0.164 e. The fraction of sp³-hybridized carbons (Fsp3) is 0.0556. The largest absolute Gasteiger partial charge is 0.208 e. The molecule has 3 heterocycles. The van der Waals surface area contributed by atoms with Crippen molar-refractivity contribution in [3.63, 3.8) is 0 Å². The Bertz CT molecular complexity index is 3350. The maximum atomic E-state index is 5.34. The first kappa shape index (κ1) is 34.3. The van der Waals surface area contributed by atoms with Gasteiger partial charge in [0.05, 0.1) is 0 Å². The molecule has 0 aliphatic heterocycles. The van der Waals surface area contributed by atoms with E-state index in [4.69, 9.17) is 15.0 Å². The number of aromatic nitrogens is 3. The highest BCUT2D eigenvalue weighted by Gasteiger charge is 2.35. The molecule has 0 bridgehead atoms. The summed E-state index contributed by atoms with van der Waals surface area (Å²) in [5.74, 6) is 1.95. The van der Waals surface area contributed by atoms with E-state index in [1.165, 1.54) is 62.6 Å². The second kappa shape index (κ2) is 13.1. The highest BCUT2D eigenvalue weighted by molar-refractivity contribution is 7.26. The van der Waals surface area contributed by atoms with Crippen molar-refractivity contribution in [1.82, 2.24) is 15.0 Å². The van der Waals surface area contributed by atoms with Crippen LogP contribution in [-0.4, -0.2) is 15.0 Å². The summed E-state index contributed by atoms with van der Waals surface area (Å²) in [6.07, 6.45) is 0. The molecule has 1 aliphatic carbocycles. The quantitative estimate of drug-likeness (QED) is 0.174. The molecule has 0 unspecified atom stereocenters. The summed E-state index contributed by atoms with van der Waals surface area (Å²) in [6, 6.07) is 63.8. The Kier molecular flexibility index (Phi) is 7.62. The summed E-state index contributed by atoms with van der Waals surface area (Å²) in [5, 5.41) is 5.12. The van der Waals surface area contributed by atoms with Gasteiger partial charge in [-0.05, 0) is 105 Å². The van der Waals surface area contributed by atoms with Crippen LogP contribution in [0.4, 0.5) is 0 Å². The SMILES string of the molecule is CC1(C)c2ccccc2-c2ccc(-c3nc(-c4ccccc4)nc(-c4cc(-c5ccc6sc7ccccc7c6c5)cc(-c5ccc6sc7ccccc7c6c5)c4)n3)cc21. The molecule has 0 fully saturated rings. The van der Waals surface area contributed by atoms with E-state index in [-0.39, 0.29) is 5.41 Å². The highest BCUT2D eigenvalue weighted by atomic mass is 32.1. The van der Waals surface area contributed by atoms with E-state index in [0.717, 1.165) is 38.9 Å². The average Bonchev–Trinajstić information content (AvgIpc) is 3.93. The van der Waals surface area contributed by atoms with Crippen LogP contribution in [0.25, 0.3) is 108 Å². The minimum absolute atomic E-state index is 0.146. The van der Waals surface area contributed by atoms with Crippen LogP contribution in [0.1, 0.15) is 25.0 Å². The Morgan fingerprint density at radius 3 is 1.44 bits per heavy atom. The van der Waals surface area contributed by atoms with Crippen molar-refractivity contribution in [2.45, 2.75) is 19.3 Å². The summed E-state index contributed by atoms with van der Waals surface area (Å²) in [6.45, 7) is 4.63. The zero-order chi connectivity index (χ0) is 39.2. The lowest BCUT2D eigenvalue weighted by atomic mass is 9.82. The van der Waals surface area contributed by atoms with Crippen molar-refractivity contribution in [3.05, 3.63) is 187 Å². The fourth-order valence-electron chi connectivity index (χ4n) is 9.10. The monoisotopic (exact) mass is 789 g/mol. The van der Waals surface area contributed by atoms with Crippen LogP contribution in [0.5, 0.6) is 0 Å². The number of hydrogen-bond acceptors (Lipinski definition) is 5. The average molecular weight is 790 g/mol. The summed E-state index contributed by atoms with van der Waals surface area (Å²) in [4.78, 5) is 15.8. The molecule has 0 saturated carbocycles. The molecular formula is C54H35N3S2. The molecule has 278 valence electrons. The van der Waals surface area contributed by atoms with Crippen LogP contribution in [0.2, 0.25) is 0 Å². The molecule has 0 saturated heterocycles. The Hall–Kier alpha value is -6.79. The van der Waals surface area contributed by atoms with Crippen LogP contribution in [-0.2, 0) is 5.41 Å². The molecule has 5 heteroatoms. The zero-order valence-electron chi connectivity index (χ0n) is 32.4. The Labute approximate surface area is 350 Å². The predicted octanol–water partition coefficient (Wildman–Crippen LogP) is 15.2. The zero-order valence-corrected chi connectivity index (χ0v) is 34.0. The van der Waals surface area contributed by atoms with Crippen molar-refractivity contribution in [3.8, 4) is 67.5 Å². The summed E-state index contributed by atoms with van der Waals surface area (Å²) in [7, 11) is 0. The van der Waals surface area contributed by atoms with Crippen molar-refractivity contribution in [2.75, 3.05) is 0 Å². The molecule has 1 aliphatic rings. The molecule has 59 heavy (non-hydrogen) atoms. The van der Waals surface area contributed by atoms with Crippen molar-refractivity contribution in [1.29, 1.82) is 0 Å². The van der Waals surface area contributed by atoms with Crippen LogP contribution in [0.3, 0.4) is 0 Å². The molecule has 0 N–H and O–H groups in total. The van der Waals surface area contributed by atoms with E-state index in [9.17, 15) is 0 Å². The van der Waals surface area contributed by atoms with Gasteiger partial charge in [-0.2, -0.15) is 0 Å². The third-order valence-electron chi connectivity index (χ3n) is 12.1. The van der Waals surface area contributed by atoms with Gasteiger partial charge in [0.1, 0.15) is 0 Å². The first-order valence-corrected chi connectivity index (χ1v) is 21.6. The fourth-order valence-corrected chi connectivity index (χ4v) is 11.3. The van der Waals surface area contributed by atoms with Crippen molar-refractivity contribution >= 4 is 63.0 Å². The molecule has 3 nitrogen and oxygen atoms in total. The van der Waals surface area contributed by atoms with Crippen LogP contribution >= 0.6 is 22.7 Å². The molecular weight excluding hydrogens is 755 g/mol. The molecule has 0 amide bonds. The lowest BCUT2D eigenvalue weighted by Gasteiger charge is -2.21. The number of benzene rings is 8. The van der Waals surface area contributed by atoms with E-state index in [1.807, 2.05) is 40.9 Å². The number of thiophene rings is 2. The van der Waals surface area contributed by atoms with Crippen LogP contribution in [0.15, 0.2) is 176 Å². The second-order valence-corrected chi connectivity index (χ2v) is 18.2. The van der Waals surface area contributed by atoms with E-state index >= 15 is 0 Å². The third-order valence-corrected chi connectivity index (χ3v) is 14.4. The van der Waals surface area contributed by atoms with Gasteiger partial charge in [-0.25, -0.2) is 15.0 Å². The molecule has 12 rings (SSSR count). The summed E-state index contributed by atoms with van der Waals surface area (Å²) >= 11 is 3.69. The molecule has 0 atom stereocenters. The Morgan fingerprint density at radius 2 is 0.797 bits per heavy atom. The molecule has 3 aromatic heterocycles. The number of fused-ring (bicyclic) bond motifs is 9. The molecule has 0 radical (unpaired) electrons. The van der Waals surface area contributed by atoms with Gasteiger partial charge in [-0.15, -0.1) is 22.7 Å². The lowest BCUT2D eigenvalue weighted by Crippen LogP contribution is -2.15. The topological polar surface area (TPSA) is 38.7 Å². The minimum Gasteiger partial charge on any atom is -0.208 e. The Morgan fingerprint density at radius 1 is 0.322 bits per heavy atom. The standard InChI is InChI=1S/C54H35N3S2/c1-54(2)45-17-9-6-14-39(45)40-23-20-35(31-46(40)54)52-55-51(32-12-4-3-5-13-32)56-53(57-52)38-27-36(33-21-24-49-43(29-33)41-15-7-10-18-47(41)58-49)26-37(28-38)34-22-25-50-44(30-34)42-16-8-11-19-48(42)59-50/h3-31H,1-2H3. The van der Waals surface area contributed by atoms with Gasteiger partial charge in [-0.1, -0.05) is 129 Å². The van der Waals surface area contributed by atoms with Crippen LogP contribution < -0.4 is 0 Å².